The van der Waals surface area contributed by atoms with Gasteiger partial charge in [0.05, 0.1) is 17.1 Å². The average molecular weight is 243 g/mol. The largest absolute Gasteiger partial charge is 0.311 e. The van der Waals surface area contributed by atoms with Crippen LogP contribution in [0.4, 0.5) is 0 Å². The summed E-state index contributed by atoms with van der Waals surface area (Å²) in [5.74, 6) is 0.222. The number of rotatable bonds is 6. The Kier molecular flexibility index (Phi) is 4.82. The van der Waals surface area contributed by atoms with E-state index in [1.165, 1.54) is 6.26 Å². The normalized spacial score (nSPS) is 11.6. The molecule has 1 rings (SSSR count). The molecule has 0 fully saturated rings. The Bertz CT molecular complexity index is 414. The van der Waals surface area contributed by atoms with E-state index in [-0.39, 0.29) is 5.75 Å². The molecule has 5 nitrogen and oxygen atoms in total. The highest BCUT2D eigenvalue weighted by Gasteiger charge is 2.01. The second kappa shape index (κ2) is 5.91. The molecule has 0 amide bonds. The van der Waals surface area contributed by atoms with E-state index >= 15 is 0 Å². The first-order valence-corrected chi connectivity index (χ1v) is 7.19. The van der Waals surface area contributed by atoms with Gasteiger partial charge in [-0.1, -0.05) is 0 Å². The first kappa shape index (κ1) is 13.1. The van der Waals surface area contributed by atoms with Gasteiger partial charge in [-0.3, -0.25) is 9.97 Å². The van der Waals surface area contributed by atoms with Gasteiger partial charge in [-0.05, 0) is 19.9 Å². The highest BCUT2D eigenvalue weighted by Crippen LogP contribution is 1.93. The van der Waals surface area contributed by atoms with Gasteiger partial charge in [-0.2, -0.15) is 0 Å². The summed E-state index contributed by atoms with van der Waals surface area (Å²) in [7, 11) is -2.84. The standard InChI is InChI=1S/C10H17N3O2S/c1-9-6-13-10(8-12-9)7-11-4-3-5-16(2,14)15/h6,8,11H,3-5,7H2,1-2H3. The predicted molar refractivity (Wildman–Crippen MR) is 62.8 cm³/mol. The number of hydrogen-bond donors (Lipinski definition) is 1. The van der Waals surface area contributed by atoms with Crippen molar-refractivity contribution >= 4 is 9.84 Å². The quantitative estimate of drug-likeness (QED) is 0.728. The fourth-order valence-electron chi connectivity index (χ4n) is 1.19. The van der Waals surface area contributed by atoms with E-state index in [1.807, 2.05) is 6.92 Å². The minimum absolute atomic E-state index is 0.222. The summed E-state index contributed by atoms with van der Waals surface area (Å²) in [4.78, 5) is 8.30. The Morgan fingerprint density at radius 3 is 2.62 bits per heavy atom. The summed E-state index contributed by atoms with van der Waals surface area (Å²) in [5.41, 5.74) is 1.76. The average Bonchev–Trinajstić information content (AvgIpc) is 2.19. The van der Waals surface area contributed by atoms with E-state index in [0.717, 1.165) is 11.4 Å². The van der Waals surface area contributed by atoms with Crippen molar-refractivity contribution in [3.05, 3.63) is 23.8 Å². The summed E-state index contributed by atoms with van der Waals surface area (Å²) in [6, 6.07) is 0. The zero-order chi connectivity index (χ0) is 12.0. The molecule has 16 heavy (non-hydrogen) atoms. The molecule has 1 N–H and O–H groups in total. The number of hydrogen-bond acceptors (Lipinski definition) is 5. The summed E-state index contributed by atoms with van der Waals surface area (Å²) >= 11 is 0. The van der Waals surface area contributed by atoms with Crippen LogP contribution in [0.15, 0.2) is 12.4 Å². The first-order chi connectivity index (χ1) is 7.47. The molecule has 0 spiro atoms. The molecule has 0 atom stereocenters. The van der Waals surface area contributed by atoms with Crippen LogP contribution >= 0.6 is 0 Å². The van der Waals surface area contributed by atoms with E-state index in [1.54, 1.807) is 12.4 Å². The molecular weight excluding hydrogens is 226 g/mol. The number of sulfone groups is 1. The van der Waals surface area contributed by atoms with Crippen molar-refractivity contribution in [2.75, 3.05) is 18.6 Å². The smallest absolute Gasteiger partial charge is 0.147 e. The maximum atomic E-state index is 10.9. The minimum Gasteiger partial charge on any atom is -0.311 e. The molecule has 1 aromatic rings. The van der Waals surface area contributed by atoms with Gasteiger partial charge in [0.2, 0.25) is 0 Å². The minimum atomic E-state index is -2.84. The van der Waals surface area contributed by atoms with Gasteiger partial charge in [0.25, 0.3) is 0 Å². The Labute approximate surface area is 96.2 Å². The lowest BCUT2D eigenvalue weighted by Crippen LogP contribution is -2.18. The molecule has 0 saturated heterocycles. The van der Waals surface area contributed by atoms with Gasteiger partial charge in [-0.15, -0.1) is 0 Å². The molecular formula is C10H17N3O2S. The second-order valence-electron chi connectivity index (χ2n) is 3.81. The lowest BCUT2D eigenvalue weighted by atomic mass is 10.4. The molecule has 90 valence electrons. The van der Waals surface area contributed by atoms with Gasteiger partial charge in [0, 0.05) is 25.2 Å². The summed E-state index contributed by atoms with van der Waals surface area (Å²) in [6.45, 7) is 3.18. The van der Waals surface area contributed by atoms with Crippen LogP contribution in [-0.2, 0) is 16.4 Å². The van der Waals surface area contributed by atoms with Crippen molar-refractivity contribution < 1.29 is 8.42 Å². The van der Waals surface area contributed by atoms with Gasteiger partial charge in [0.1, 0.15) is 9.84 Å². The topological polar surface area (TPSA) is 72.0 Å². The Hall–Kier alpha value is -1.01. The molecule has 1 aromatic heterocycles. The van der Waals surface area contributed by atoms with E-state index < -0.39 is 9.84 Å². The van der Waals surface area contributed by atoms with Crippen molar-refractivity contribution in [2.45, 2.75) is 19.9 Å². The van der Waals surface area contributed by atoms with Crippen LogP contribution in [0.3, 0.4) is 0 Å². The fourth-order valence-corrected chi connectivity index (χ4v) is 1.86. The molecule has 0 bridgehead atoms. The monoisotopic (exact) mass is 243 g/mol. The van der Waals surface area contributed by atoms with Crippen LogP contribution in [0.5, 0.6) is 0 Å². The highest BCUT2D eigenvalue weighted by atomic mass is 32.2. The molecule has 0 radical (unpaired) electrons. The Morgan fingerprint density at radius 1 is 1.31 bits per heavy atom. The Morgan fingerprint density at radius 2 is 2.06 bits per heavy atom. The molecule has 0 aromatic carbocycles. The summed E-state index contributed by atoms with van der Waals surface area (Å²) in [5, 5.41) is 3.13. The van der Waals surface area contributed by atoms with Gasteiger partial charge in [-0.25, -0.2) is 8.42 Å². The number of aromatic nitrogens is 2. The molecule has 0 aliphatic heterocycles. The van der Waals surface area contributed by atoms with Crippen molar-refractivity contribution in [3.8, 4) is 0 Å². The molecule has 0 unspecified atom stereocenters. The lowest BCUT2D eigenvalue weighted by Gasteiger charge is -2.03. The van der Waals surface area contributed by atoms with Gasteiger partial charge in [0.15, 0.2) is 0 Å². The summed E-state index contributed by atoms with van der Waals surface area (Å²) < 4.78 is 21.7. The van der Waals surface area contributed by atoms with Crippen LogP contribution in [0.1, 0.15) is 17.8 Å². The first-order valence-electron chi connectivity index (χ1n) is 5.13. The van der Waals surface area contributed by atoms with E-state index in [2.05, 4.69) is 15.3 Å². The molecule has 1 heterocycles. The van der Waals surface area contributed by atoms with E-state index in [0.29, 0.717) is 19.5 Å². The van der Waals surface area contributed by atoms with Gasteiger partial charge < -0.3 is 5.32 Å². The second-order valence-corrected chi connectivity index (χ2v) is 6.07. The SMILES string of the molecule is Cc1cnc(CNCCCS(C)(=O)=O)cn1. The fraction of sp³-hybridized carbons (Fsp3) is 0.600. The van der Waals surface area contributed by atoms with Crippen LogP contribution in [-0.4, -0.2) is 36.9 Å². The maximum Gasteiger partial charge on any atom is 0.147 e. The van der Waals surface area contributed by atoms with E-state index in [9.17, 15) is 8.42 Å². The van der Waals surface area contributed by atoms with E-state index in [4.69, 9.17) is 0 Å². The van der Waals surface area contributed by atoms with Crippen LogP contribution in [0, 0.1) is 6.92 Å². The third-order valence-electron chi connectivity index (χ3n) is 2.01. The number of aryl methyl sites for hydroxylation is 1. The van der Waals surface area contributed by atoms with Crippen molar-refractivity contribution in [1.82, 2.24) is 15.3 Å². The van der Waals surface area contributed by atoms with Crippen molar-refractivity contribution in [3.63, 3.8) is 0 Å². The van der Waals surface area contributed by atoms with Crippen LogP contribution < -0.4 is 5.32 Å². The number of nitrogens with zero attached hydrogens (tertiary/aromatic N) is 2. The van der Waals surface area contributed by atoms with Crippen molar-refractivity contribution in [2.24, 2.45) is 0 Å². The van der Waals surface area contributed by atoms with Gasteiger partial charge >= 0.3 is 0 Å². The Balaban J connectivity index is 2.19. The third-order valence-corrected chi connectivity index (χ3v) is 3.04. The maximum absolute atomic E-state index is 10.9. The number of nitrogens with one attached hydrogen (secondary N) is 1. The zero-order valence-electron chi connectivity index (χ0n) is 9.60. The summed E-state index contributed by atoms with van der Waals surface area (Å²) in [6.07, 6.45) is 5.31. The third kappa shape index (κ3) is 5.77. The highest BCUT2D eigenvalue weighted by molar-refractivity contribution is 7.90. The van der Waals surface area contributed by atoms with Crippen LogP contribution in [0.2, 0.25) is 0 Å². The molecule has 0 saturated carbocycles. The zero-order valence-corrected chi connectivity index (χ0v) is 10.4. The molecule has 0 aliphatic carbocycles. The lowest BCUT2D eigenvalue weighted by molar-refractivity contribution is 0.593. The predicted octanol–water partition coefficient (Wildman–Crippen LogP) is 0.309. The molecule has 0 aliphatic rings. The van der Waals surface area contributed by atoms with Crippen molar-refractivity contribution in [1.29, 1.82) is 0 Å². The molecule has 6 heteroatoms. The van der Waals surface area contributed by atoms with Crippen LogP contribution in [0.25, 0.3) is 0 Å².